The highest BCUT2D eigenvalue weighted by molar-refractivity contribution is 7.48. The van der Waals surface area contributed by atoms with Crippen LogP contribution in [0.25, 0.3) is 0 Å². The van der Waals surface area contributed by atoms with E-state index in [1.807, 2.05) is 18.2 Å². The van der Waals surface area contributed by atoms with E-state index < -0.39 is 7.82 Å². The van der Waals surface area contributed by atoms with Crippen molar-refractivity contribution < 1.29 is 18.1 Å². The van der Waals surface area contributed by atoms with Crippen LogP contribution in [0, 0.1) is 0 Å². The van der Waals surface area contributed by atoms with Crippen LogP contribution in [0.5, 0.6) is 0 Å². The van der Waals surface area contributed by atoms with Gasteiger partial charge in [0.05, 0.1) is 18.8 Å². The zero-order valence-electron chi connectivity index (χ0n) is 29.8. The Morgan fingerprint density at radius 3 is 0.773 bits per heavy atom. The van der Waals surface area contributed by atoms with E-state index in [2.05, 4.69) is 20.8 Å². The summed E-state index contributed by atoms with van der Waals surface area (Å²) in [7, 11) is -3.72. The molecule has 0 radical (unpaired) electrons. The number of unbranched alkanes of at least 4 members (excludes halogenated alkanes) is 27. The molecule has 0 saturated heterocycles. The smallest absolute Gasteiger partial charge is 0.394 e. The van der Waals surface area contributed by atoms with Crippen molar-refractivity contribution in [2.45, 2.75) is 213 Å². The van der Waals surface area contributed by atoms with Crippen molar-refractivity contribution in [3.8, 4) is 0 Å². The molecule has 0 aliphatic heterocycles. The van der Waals surface area contributed by atoms with Gasteiger partial charge in [0.2, 0.25) is 0 Å². The molecule has 4 nitrogen and oxygen atoms in total. The van der Waals surface area contributed by atoms with Gasteiger partial charge in [0.25, 0.3) is 0 Å². The first kappa shape index (κ1) is 42.9. The van der Waals surface area contributed by atoms with Crippen LogP contribution in [-0.4, -0.2) is 0 Å². The van der Waals surface area contributed by atoms with E-state index in [0.29, 0.717) is 0 Å². The van der Waals surface area contributed by atoms with Gasteiger partial charge in [-0.2, -0.15) is 4.57 Å². The fraction of sp³-hybridized carbons (Fsp3) is 0.846. The number of hydrogen-bond donors (Lipinski definition) is 0. The molecule has 0 aliphatic rings. The van der Waals surface area contributed by atoms with E-state index in [4.69, 9.17) is 13.6 Å². The molecule has 0 spiro atoms. The number of hydrogen-bond acceptors (Lipinski definition) is 4. The summed E-state index contributed by atoms with van der Waals surface area (Å²) in [6, 6.07) is 0. The second kappa shape index (κ2) is 36.3. The molecular formula is C39H75O4P. The molecule has 0 fully saturated rings. The summed E-state index contributed by atoms with van der Waals surface area (Å²) in [5, 5.41) is 0. The summed E-state index contributed by atoms with van der Waals surface area (Å²) in [6.45, 7) is 6.79. The maximum Gasteiger partial charge on any atom is 0.645 e. The molecule has 0 N–H and O–H groups in total. The normalized spacial score (nSPS) is 13.3. The Balaban J connectivity index is 4.32. The van der Waals surface area contributed by atoms with E-state index in [0.717, 1.165) is 38.5 Å². The Kier molecular flexibility index (Phi) is 35.4. The lowest BCUT2D eigenvalue weighted by Crippen LogP contribution is -1.89. The summed E-state index contributed by atoms with van der Waals surface area (Å²) in [5.41, 5.74) is 0. The molecule has 0 rings (SSSR count). The van der Waals surface area contributed by atoms with Crippen LogP contribution in [0.15, 0.2) is 37.0 Å². The number of rotatable bonds is 36. The molecule has 0 saturated carbocycles. The third-order valence-electron chi connectivity index (χ3n) is 8.28. The van der Waals surface area contributed by atoms with Crippen LogP contribution in [0.2, 0.25) is 0 Å². The van der Waals surface area contributed by atoms with Crippen molar-refractivity contribution >= 4 is 7.82 Å². The zero-order valence-corrected chi connectivity index (χ0v) is 30.7. The fourth-order valence-electron chi connectivity index (χ4n) is 5.35. The Hall–Kier alpha value is -1.15. The average molecular weight is 639 g/mol. The molecule has 44 heavy (non-hydrogen) atoms. The molecular weight excluding hydrogens is 563 g/mol. The second-order valence-electron chi connectivity index (χ2n) is 12.7. The Morgan fingerprint density at radius 2 is 0.545 bits per heavy atom. The first-order valence-electron chi connectivity index (χ1n) is 19.3. The van der Waals surface area contributed by atoms with Crippen molar-refractivity contribution in [3.63, 3.8) is 0 Å². The van der Waals surface area contributed by atoms with Crippen molar-refractivity contribution in [2.75, 3.05) is 0 Å². The van der Waals surface area contributed by atoms with Crippen LogP contribution in [0.3, 0.4) is 0 Å². The highest BCUT2D eigenvalue weighted by atomic mass is 31.2. The molecule has 0 aromatic carbocycles. The molecule has 0 amide bonds. The summed E-state index contributed by atoms with van der Waals surface area (Å²) < 4.78 is 29.9. The number of phosphoric acid groups is 1. The van der Waals surface area contributed by atoms with Gasteiger partial charge < -0.3 is 13.6 Å². The minimum atomic E-state index is -3.72. The van der Waals surface area contributed by atoms with Crippen molar-refractivity contribution in [2.24, 2.45) is 0 Å². The van der Waals surface area contributed by atoms with Crippen LogP contribution in [0.1, 0.15) is 213 Å². The third-order valence-corrected chi connectivity index (χ3v) is 9.42. The molecule has 0 aromatic heterocycles. The van der Waals surface area contributed by atoms with Gasteiger partial charge >= 0.3 is 7.82 Å². The Labute approximate surface area is 275 Å². The molecule has 0 unspecified atom stereocenters. The lowest BCUT2D eigenvalue weighted by molar-refractivity contribution is 0.229. The second-order valence-corrected chi connectivity index (χ2v) is 14.3. The third kappa shape index (κ3) is 33.7. The predicted molar refractivity (Wildman–Crippen MR) is 194 cm³/mol. The molecule has 0 atom stereocenters. The number of phosphoric ester groups is 1. The minimum Gasteiger partial charge on any atom is -0.394 e. The average Bonchev–Trinajstić information content (AvgIpc) is 3.02. The SMILES string of the molecule is CCCCCCCCCCCC=COP(=O)(OC=CCCCCCCCCCCC)OC=CCCCCCCCCCCC. The van der Waals surface area contributed by atoms with Gasteiger partial charge in [-0.05, 0) is 56.8 Å². The summed E-state index contributed by atoms with van der Waals surface area (Å²) >= 11 is 0. The lowest BCUT2D eigenvalue weighted by Gasteiger charge is -2.13. The van der Waals surface area contributed by atoms with E-state index in [1.54, 1.807) is 0 Å². The standard InChI is InChI=1S/C39H75O4P/c1-4-7-10-13-16-19-22-25-28-31-34-37-41-44(40,42-38-35-32-29-26-23-20-17-14-11-8-5-2)43-39-36-33-30-27-24-21-18-15-12-9-6-3/h34-39H,4-33H2,1-3H3. The van der Waals surface area contributed by atoms with Crippen LogP contribution in [0.4, 0.5) is 0 Å². The monoisotopic (exact) mass is 639 g/mol. The van der Waals surface area contributed by atoms with E-state index in [-0.39, 0.29) is 0 Å². The van der Waals surface area contributed by atoms with Gasteiger partial charge in [-0.15, -0.1) is 0 Å². The predicted octanol–water partition coefficient (Wildman–Crippen LogP) is 15.4. The first-order valence-corrected chi connectivity index (χ1v) is 20.7. The van der Waals surface area contributed by atoms with E-state index in [1.165, 1.54) is 173 Å². The van der Waals surface area contributed by atoms with Crippen molar-refractivity contribution in [1.29, 1.82) is 0 Å². The minimum absolute atomic E-state index is 0.915. The maximum absolute atomic E-state index is 13.2. The highest BCUT2D eigenvalue weighted by Crippen LogP contribution is 2.50. The highest BCUT2D eigenvalue weighted by Gasteiger charge is 2.27. The van der Waals surface area contributed by atoms with Crippen molar-refractivity contribution in [3.05, 3.63) is 37.0 Å². The zero-order chi connectivity index (χ0) is 32.1. The van der Waals surface area contributed by atoms with E-state index >= 15 is 0 Å². The lowest BCUT2D eigenvalue weighted by atomic mass is 10.1. The molecule has 0 bridgehead atoms. The van der Waals surface area contributed by atoms with Gasteiger partial charge in [-0.1, -0.05) is 175 Å². The molecule has 260 valence electrons. The number of allylic oxidation sites excluding steroid dienone is 3. The van der Waals surface area contributed by atoms with Crippen molar-refractivity contribution in [1.82, 2.24) is 0 Å². The largest absolute Gasteiger partial charge is 0.645 e. The van der Waals surface area contributed by atoms with Gasteiger partial charge in [-0.3, -0.25) is 0 Å². The van der Waals surface area contributed by atoms with Crippen LogP contribution >= 0.6 is 7.82 Å². The van der Waals surface area contributed by atoms with Crippen LogP contribution in [-0.2, 0) is 18.1 Å². The Bertz CT molecular complexity index is 597. The quantitative estimate of drug-likeness (QED) is 0.0389. The summed E-state index contributed by atoms with van der Waals surface area (Å²) in [4.78, 5) is 0. The van der Waals surface area contributed by atoms with Gasteiger partial charge in [-0.25, -0.2) is 0 Å². The van der Waals surface area contributed by atoms with Gasteiger partial charge in [0.15, 0.2) is 0 Å². The molecule has 0 aromatic rings. The van der Waals surface area contributed by atoms with Gasteiger partial charge in [0, 0.05) is 0 Å². The molecule has 0 aliphatic carbocycles. The van der Waals surface area contributed by atoms with Gasteiger partial charge in [0.1, 0.15) is 0 Å². The maximum atomic E-state index is 13.2. The van der Waals surface area contributed by atoms with Crippen LogP contribution < -0.4 is 0 Å². The molecule has 5 heteroatoms. The fourth-order valence-corrected chi connectivity index (χ4v) is 6.20. The summed E-state index contributed by atoms with van der Waals surface area (Å²) in [5.74, 6) is 0. The Morgan fingerprint density at radius 1 is 0.341 bits per heavy atom. The molecule has 0 heterocycles. The first-order chi connectivity index (χ1) is 21.7. The van der Waals surface area contributed by atoms with E-state index in [9.17, 15) is 4.57 Å². The topological polar surface area (TPSA) is 44.8 Å². The summed E-state index contributed by atoms with van der Waals surface area (Å²) in [6.07, 6.45) is 48.4.